The lowest BCUT2D eigenvalue weighted by Crippen LogP contribution is -2.01. The second kappa shape index (κ2) is 7.77. The van der Waals surface area contributed by atoms with Crippen molar-refractivity contribution in [3.63, 3.8) is 0 Å². The molecule has 0 fully saturated rings. The quantitative estimate of drug-likeness (QED) is 0.542. The van der Waals surface area contributed by atoms with Gasteiger partial charge in [0.25, 0.3) is 0 Å². The van der Waals surface area contributed by atoms with Crippen molar-refractivity contribution in [2.45, 2.75) is 13.8 Å². The van der Waals surface area contributed by atoms with E-state index in [4.69, 9.17) is 0 Å². The molecule has 29 heavy (non-hydrogen) atoms. The van der Waals surface area contributed by atoms with Crippen molar-refractivity contribution < 1.29 is 8.78 Å². The van der Waals surface area contributed by atoms with E-state index >= 15 is 0 Å². The molecule has 0 amide bonds. The average molecular weight is 414 g/mol. The van der Waals surface area contributed by atoms with E-state index in [-0.39, 0.29) is 29.2 Å². The Morgan fingerprint density at radius 3 is 2.66 bits per heavy atom. The molecule has 3 aromatic heterocycles. The topological polar surface area (TPSA) is 92.3 Å². The number of nitriles is 1. The molecule has 0 aliphatic carbocycles. The van der Waals surface area contributed by atoms with Crippen molar-refractivity contribution in [2.24, 2.45) is 0 Å². The number of hydrogen-bond donors (Lipinski definition) is 1. The molecular weight excluding hydrogens is 400 g/mol. The van der Waals surface area contributed by atoms with Gasteiger partial charge < -0.3 is 5.32 Å². The smallest absolute Gasteiger partial charge is 0.169 e. The molecule has 7 nitrogen and oxygen atoms in total. The van der Waals surface area contributed by atoms with Gasteiger partial charge in [0.1, 0.15) is 40.6 Å². The fourth-order valence-electron chi connectivity index (χ4n) is 2.93. The van der Waals surface area contributed by atoms with Gasteiger partial charge in [-0.25, -0.2) is 28.4 Å². The summed E-state index contributed by atoms with van der Waals surface area (Å²) < 4.78 is 29.8. The molecule has 0 aliphatic heterocycles. The summed E-state index contributed by atoms with van der Waals surface area (Å²) in [5.74, 6) is 0.0549. The third-order valence-corrected chi connectivity index (χ3v) is 4.05. The number of fused-ring (bicyclic) bond motifs is 1. The highest BCUT2D eigenvalue weighted by molar-refractivity contribution is 5.91. The van der Waals surface area contributed by atoms with Crippen molar-refractivity contribution in [3.8, 4) is 11.8 Å². The maximum Gasteiger partial charge on any atom is 0.169 e. The van der Waals surface area contributed by atoms with Crippen LogP contribution in [-0.4, -0.2) is 24.7 Å². The first kappa shape index (κ1) is 20.1. The molecule has 3 heterocycles. The fourth-order valence-corrected chi connectivity index (χ4v) is 2.93. The van der Waals surface area contributed by atoms with Crippen LogP contribution in [-0.2, 0) is 0 Å². The summed E-state index contributed by atoms with van der Waals surface area (Å²) in [6.45, 7) is 3.58. The Balaban J connectivity index is 0.00000240. The molecule has 0 saturated carbocycles. The number of anilines is 2. The van der Waals surface area contributed by atoms with Crippen LogP contribution in [0.1, 0.15) is 17.1 Å². The molecule has 0 unspecified atom stereocenters. The molecule has 4 rings (SSSR count). The third kappa shape index (κ3) is 3.70. The lowest BCUT2D eigenvalue weighted by molar-refractivity contribution is 0.608. The first-order valence-electron chi connectivity index (χ1n) is 8.28. The molecule has 0 spiro atoms. The normalized spacial score (nSPS) is 10.4. The van der Waals surface area contributed by atoms with Crippen molar-refractivity contribution in [1.82, 2.24) is 24.7 Å². The number of rotatable bonds is 3. The highest BCUT2D eigenvalue weighted by atomic mass is 35.5. The van der Waals surface area contributed by atoms with Gasteiger partial charge in [0.05, 0.1) is 17.1 Å². The van der Waals surface area contributed by atoms with Crippen LogP contribution in [0.4, 0.5) is 20.4 Å². The summed E-state index contributed by atoms with van der Waals surface area (Å²) >= 11 is 0. The van der Waals surface area contributed by atoms with Gasteiger partial charge in [-0.05, 0) is 26.0 Å². The van der Waals surface area contributed by atoms with Crippen LogP contribution in [0, 0.1) is 36.8 Å². The Labute approximate surface area is 170 Å². The number of nitrogens with zero attached hydrogens (tertiary/aromatic N) is 6. The summed E-state index contributed by atoms with van der Waals surface area (Å²) in [6.07, 6.45) is 2.45. The van der Waals surface area contributed by atoms with Gasteiger partial charge in [0, 0.05) is 18.0 Å². The molecule has 4 aromatic rings. The van der Waals surface area contributed by atoms with Gasteiger partial charge >= 0.3 is 0 Å². The van der Waals surface area contributed by atoms with Crippen LogP contribution in [0.2, 0.25) is 0 Å². The second-order valence-electron chi connectivity index (χ2n) is 6.11. The number of aryl methyl sites for hydroxylation is 2. The second-order valence-corrected chi connectivity index (χ2v) is 6.11. The maximum absolute atomic E-state index is 14.3. The molecule has 146 valence electrons. The van der Waals surface area contributed by atoms with Crippen LogP contribution in [0.15, 0.2) is 36.7 Å². The zero-order valence-electron chi connectivity index (χ0n) is 15.3. The minimum Gasteiger partial charge on any atom is -0.324 e. The molecule has 0 bridgehead atoms. The lowest BCUT2D eigenvalue weighted by Gasteiger charge is -2.07. The van der Waals surface area contributed by atoms with Crippen LogP contribution < -0.4 is 5.32 Å². The standard InChI is InChI=1S/C19H13F2N7.ClH/c1-10-6-16(25-11(2)24-10)26-19-13-9-28(27-17(13)15(21)8-23-19)18-12(7-22)4-3-5-14(18)20;/h3-6,8-9H,1-2H3,(H,23,24,25,26);1H. The Bertz CT molecular complexity index is 1240. The van der Waals surface area contributed by atoms with E-state index in [1.807, 2.05) is 13.0 Å². The van der Waals surface area contributed by atoms with Crippen LogP contribution >= 0.6 is 12.4 Å². The van der Waals surface area contributed by atoms with Crippen molar-refractivity contribution in [2.75, 3.05) is 5.32 Å². The summed E-state index contributed by atoms with van der Waals surface area (Å²) in [5, 5.41) is 16.7. The minimum absolute atomic E-state index is 0. The minimum atomic E-state index is -0.663. The summed E-state index contributed by atoms with van der Waals surface area (Å²) in [5.41, 5.74) is 0.777. The molecular formula is C19H14ClF2N7. The highest BCUT2D eigenvalue weighted by Crippen LogP contribution is 2.28. The summed E-state index contributed by atoms with van der Waals surface area (Å²) in [7, 11) is 0. The van der Waals surface area contributed by atoms with Gasteiger partial charge in [0.15, 0.2) is 5.82 Å². The lowest BCUT2D eigenvalue weighted by atomic mass is 10.2. The number of hydrogen-bond acceptors (Lipinski definition) is 6. The van der Waals surface area contributed by atoms with E-state index in [0.29, 0.717) is 22.8 Å². The van der Waals surface area contributed by atoms with Crippen molar-refractivity contribution >= 4 is 34.9 Å². The average Bonchev–Trinajstić information content (AvgIpc) is 3.09. The van der Waals surface area contributed by atoms with Gasteiger partial charge in [0.2, 0.25) is 0 Å². The number of aromatic nitrogens is 5. The maximum atomic E-state index is 14.3. The number of benzene rings is 1. The first-order valence-corrected chi connectivity index (χ1v) is 8.28. The predicted molar refractivity (Wildman–Crippen MR) is 106 cm³/mol. The Kier molecular flexibility index (Phi) is 5.39. The first-order chi connectivity index (χ1) is 13.5. The van der Waals surface area contributed by atoms with Crippen molar-refractivity contribution in [1.29, 1.82) is 5.26 Å². The Morgan fingerprint density at radius 2 is 1.93 bits per heavy atom. The molecule has 1 aromatic carbocycles. The van der Waals surface area contributed by atoms with E-state index in [1.54, 1.807) is 13.0 Å². The van der Waals surface area contributed by atoms with Gasteiger partial charge in [-0.1, -0.05) is 6.07 Å². The van der Waals surface area contributed by atoms with Gasteiger partial charge in [-0.2, -0.15) is 10.4 Å². The van der Waals surface area contributed by atoms with E-state index < -0.39 is 11.6 Å². The number of halogens is 3. The summed E-state index contributed by atoms with van der Waals surface area (Å²) in [6, 6.07) is 7.74. The van der Waals surface area contributed by atoms with Crippen LogP contribution in [0.3, 0.4) is 0 Å². The molecule has 10 heteroatoms. The zero-order chi connectivity index (χ0) is 19.8. The van der Waals surface area contributed by atoms with E-state index in [2.05, 4.69) is 25.4 Å². The molecule has 0 atom stereocenters. The molecule has 0 saturated heterocycles. The van der Waals surface area contributed by atoms with Crippen LogP contribution in [0.25, 0.3) is 16.6 Å². The van der Waals surface area contributed by atoms with E-state index in [0.717, 1.165) is 16.6 Å². The molecule has 0 radical (unpaired) electrons. The number of pyridine rings is 1. The summed E-state index contributed by atoms with van der Waals surface area (Å²) in [4.78, 5) is 12.6. The molecule has 1 N–H and O–H groups in total. The SMILES string of the molecule is Cc1cc(Nc2ncc(F)c3nn(-c4c(F)cccc4C#N)cc23)nc(C)n1.Cl. The van der Waals surface area contributed by atoms with Gasteiger partial charge in [-0.15, -0.1) is 12.4 Å². The largest absolute Gasteiger partial charge is 0.324 e. The van der Waals surface area contributed by atoms with E-state index in [9.17, 15) is 14.0 Å². The van der Waals surface area contributed by atoms with Crippen molar-refractivity contribution in [3.05, 3.63) is 65.4 Å². The third-order valence-electron chi connectivity index (χ3n) is 4.05. The fraction of sp³-hybridized carbons (Fsp3) is 0.105. The highest BCUT2D eigenvalue weighted by Gasteiger charge is 2.17. The van der Waals surface area contributed by atoms with E-state index in [1.165, 1.54) is 24.4 Å². The Morgan fingerprint density at radius 1 is 1.14 bits per heavy atom. The zero-order valence-corrected chi connectivity index (χ0v) is 16.1. The number of nitrogens with one attached hydrogen (secondary N) is 1. The number of para-hydroxylation sites is 1. The van der Waals surface area contributed by atoms with Gasteiger partial charge in [-0.3, -0.25) is 0 Å². The monoisotopic (exact) mass is 413 g/mol. The Hall–Kier alpha value is -3.64. The predicted octanol–water partition coefficient (Wildman–Crippen LogP) is 4.14. The van der Waals surface area contributed by atoms with Crippen LogP contribution in [0.5, 0.6) is 0 Å². The molecule has 0 aliphatic rings.